The highest BCUT2D eigenvalue weighted by Crippen LogP contribution is 2.21. The summed E-state index contributed by atoms with van der Waals surface area (Å²) in [6.07, 6.45) is 5.62. The lowest BCUT2D eigenvalue weighted by Crippen LogP contribution is -2.29. The molecule has 0 aliphatic heterocycles. The molecular weight excluding hydrogens is 264 g/mol. The van der Waals surface area contributed by atoms with E-state index in [9.17, 15) is 0 Å². The lowest BCUT2D eigenvalue weighted by atomic mass is 10.2. The molecule has 2 heterocycles. The summed E-state index contributed by atoms with van der Waals surface area (Å²) in [4.78, 5) is 7.48. The van der Waals surface area contributed by atoms with Crippen LogP contribution in [0.1, 0.15) is 12.6 Å². The SMILES string of the molecule is COc1ccc2[nH]c(CN[C@H](C)Cn3ccnc3)cc2c1. The number of rotatable bonds is 6. The quantitative estimate of drug-likeness (QED) is 0.731. The van der Waals surface area contributed by atoms with Crippen LogP contribution in [0.4, 0.5) is 0 Å². The van der Waals surface area contributed by atoms with Crippen molar-refractivity contribution in [2.24, 2.45) is 0 Å². The lowest BCUT2D eigenvalue weighted by molar-refractivity contribution is 0.415. The summed E-state index contributed by atoms with van der Waals surface area (Å²) in [6, 6.07) is 8.60. The third-order valence-corrected chi connectivity index (χ3v) is 3.57. The van der Waals surface area contributed by atoms with Gasteiger partial charge in [0.2, 0.25) is 0 Å². The number of ether oxygens (including phenoxy) is 1. The van der Waals surface area contributed by atoms with E-state index in [1.54, 1.807) is 13.3 Å². The molecule has 3 aromatic rings. The van der Waals surface area contributed by atoms with Crippen molar-refractivity contribution in [2.75, 3.05) is 7.11 Å². The summed E-state index contributed by atoms with van der Waals surface area (Å²) in [6.45, 7) is 3.90. The number of fused-ring (bicyclic) bond motifs is 1. The van der Waals surface area contributed by atoms with Crippen LogP contribution in [0, 0.1) is 0 Å². The molecule has 0 saturated heterocycles. The van der Waals surface area contributed by atoms with Crippen LogP contribution in [0.15, 0.2) is 43.0 Å². The minimum Gasteiger partial charge on any atom is -0.497 e. The van der Waals surface area contributed by atoms with Crippen LogP contribution in [0.3, 0.4) is 0 Å². The summed E-state index contributed by atoms with van der Waals surface area (Å²) >= 11 is 0. The van der Waals surface area contributed by atoms with Gasteiger partial charge in [-0.2, -0.15) is 0 Å². The number of aromatic nitrogens is 3. The molecule has 0 amide bonds. The molecule has 0 radical (unpaired) electrons. The second kappa shape index (κ2) is 6.01. The standard InChI is InChI=1S/C16H20N4O/c1-12(10-20-6-5-17-11-20)18-9-14-7-13-8-15(21-2)3-4-16(13)19-14/h3-8,11-12,18-19H,9-10H2,1-2H3/t12-/m1/s1. The molecule has 0 unspecified atom stereocenters. The van der Waals surface area contributed by atoms with E-state index in [1.807, 2.05) is 30.7 Å². The zero-order chi connectivity index (χ0) is 14.7. The predicted octanol–water partition coefficient (Wildman–Crippen LogP) is 2.55. The number of imidazole rings is 1. The highest BCUT2D eigenvalue weighted by Gasteiger charge is 2.05. The van der Waals surface area contributed by atoms with E-state index in [2.05, 4.69) is 32.8 Å². The van der Waals surface area contributed by atoms with Crippen molar-refractivity contribution in [1.29, 1.82) is 0 Å². The summed E-state index contributed by atoms with van der Waals surface area (Å²) in [5.74, 6) is 0.884. The lowest BCUT2D eigenvalue weighted by Gasteiger charge is -2.13. The van der Waals surface area contributed by atoms with Crippen molar-refractivity contribution in [2.45, 2.75) is 26.1 Å². The Morgan fingerprint density at radius 1 is 1.38 bits per heavy atom. The van der Waals surface area contributed by atoms with E-state index in [1.165, 1.54) is 11.1 Å². The molecule has 5 nitrogen and oxygen atoms in total. The van der Waals surface area contributed by atoms with E-state index in [0.29, 0.717) is 6.04 Å². The number of methoxy groups -OCH3 is 1. The number of benzene rings is 1. The molecule has 0 aliphatic carbocycles. The number of H-pyrrole nitrogens is 1. The van der Waals surface area contributed by atoms with Crippen LogP contribution in [0.2, 0.25) is 0 Å². The first kappa shape index (κ1) is 13.7. The molecular formula is C16H20N4O. The zero-order valence-corrected chi connectivity index (χ0v) is 12.3. The largest absolute Gasteiger partial charge is 0.497 e. The van der Waals surface area contributed by atoms with E-state index in [0.717, 1.165) is 24.4 Å². The molecule has 21 heavy (non-hydrogen) atoms. The van der Waals surface area contributed by atoms with Gasteiger partial charge in [0, 0.05) is 48.1 Å². The van der Waals surface area contributed by atoms with Gasteiger partial charge in [0.1, 0.15) is 5.75 Å². The van der Waals surface area contributed by atoms with E-state index < -0.39 is 0 Å². The molecule has 0 spiro atoms. The van der Waals surface area contributed by atoms with E-state index in [4.69, 9.17) is 4.74 Å². The van der Waals surface area contributed by atoms with Gasteiger partial charge in [0.05, 0.1) is 13.4 Å². The Morgan fingerprint density at radius 3 is 3.05 bits per heavy atom. The van der Waals surface area contributed by atoms with Crippen molar-refractivity contribution in [3.05, 3.63) is 48.7 Å². The Kier molecular flexibility index (Phi) is 3.92. The Balaban J connectivity index is 1.62. The Bertz CT molecular complexity index is 702. The van der Waals surface area contributed by atoms with Gasteiger partial charge in [-0.3, -0.25) is 0 Å². The van der Waals surface area contributed by atoms with Gasteiger partial charge in [-0.25, -0.2) is 4.98 Å². The third-order valence-electron chi connectivity index (χ3n) is 3.57. The molecule has 0 saturated carbocycles. The topological polar surface area (TPSA) is 54.9 Å². The first-order chi connectivity index (χ1) is 10.2. The van der Waals surface area contributed by atoms with Crippen LogP contribution in [-0.2, 0) is 13.1 Å². The minimum atomic E-state index is 0.375. The minimum absolute atomic E-state index is 0.375. The maximum atomic E-state index is 5.25. The van der Waals surface area contributed by atoms with Crippen molar-refractivity contribution < 1.29 is 4.74 Å². The summed E-state index contributed by atoms with van der Waals surface area (Å²) in [7, 11) is 1.69. The Hall–Kier alpha value is -2.27. The predicted molar refractivity (Wildman–Crippen MR) is 83.4 cm³/mol. The number of hydrogen-bond acceptors (Lipinski definition) is 3. The summed E-state index contributed by atoms with van der Waals surface area (Å²) < 4.78 is 7.33. The van der Waals surface area contributed by atoms with Crippen molar-refractivity contribution in [1.82, 2.24) is 19.9 Å². The molecule has 0 aliphatic rings. The molecule has 2 aromatic heterocycles. The summed E-state index contributed by atoms with van der Waals surface area (Å²) in [5, 5.41) is 4.69. The number of hydrogen-bond donors (Lipinski definition) is 2. The van der Waals surface area contributed by atoms with Crippen LogP contribution >= 0.6 is 0 Å². The monoisotopic (exact) mass is 284 g/mol. The van der Waals surface area contributed by atoms with Crippen molar-refractivity contribution in [3.63, 3.8) is 0 Å². The van der Waals surface area contributed by atoms with Crippen LogP contribution in [0.25, 0.3) is 10.9 Å². The second-order valence-electron chi connectivity index (χ2n) is 5.29. The summed E-state index contributed by atoms with van der Waals surface area (Å²) in [5.41, 5.74) is 2.31. The fourth-order valence-corrected chi connectivity index (χ4v) is 2.45. The van der Waals surface area contributed by atoms with Gasteiger partial charge in [-0.1, -0.05) is 0 Å². The third kappa shape index (κ3) is 3.25. The molecule has 1 atom stereocenters. The Morgan fingerprint density at radius 2 is 2.29 bits per heavy atom. The number of aromatic amines is 1. The van der Waals surface area contributed by atoms with E-state index >= 15 is 0 Å². The number of nitrogens with zero attached hydrogens (tertiary/aromatic N) is 2. The average Bonchev–Trinajstić information content (AvgIpc) is 3.12. The molecule has 0 fully saturated rings. The first-order valence-electron chi connectivity index (χ1n) is 7.09. The normalized spacial score (nSPS) is 12.7. The molecule has 2 N–H and O–H groups in total. The number of nitrogens with one attached hydrogen (secondary N) is 2. The van der Waals surface area contributed by atoms with Gasteiger partial charge in [-0.15, -0.1) is 0 Å². The first-order valence-corrected chi connectivity index (χ1v) is 7.09. The maximum Gasteiger partial charge on any atom is 0.119 e. The van der Waals surface area contributed by atoms with Gasteiger partial charge in [-0.05, 0) is 31.2 Å². The van der Waals surface area contributed by atoms with Crippen LogP contribution < -0.4 is 10.1 Å². The average molecular weight is 284 g/mol. The van der Waals surface area contributed by atoms with Gasteiger partial charge >= 0.3 is 0 Å². The van der Waals surface area contributed by atoms with Crippen LogP contribution in [0.5, 0.6) is 5.75 Å². The maximum absolute atomic E-state index is 5.25. The highest BCUT2D eigenvalue weighted by molar-refractivity contribution is 5.81. The molecule has 5 heteroatoms. The molecule has 3 rings (SSSR count). The van der Waals surface area contributed by atoms with Gasteiger partial charge < -0.3 is 19.6 Å². The molecule has 110 valence electrons. The fraction of sp³-hybridized carbons (Fsp3) is 0.312. The van der Waals surface area contributed by atoms with Gasteiger partial charge in [0.25, 0.3) is 0 Å². The highest BCUT2D eigenvalue weighted by atomic mass is 16.5. The second-order valence-corrected chi connectivity index (χ2v) is 5.29. The van der Waals surface area contributed by atoms with Crippen LogP contribution in [-0.4, -0.2) is 27.7 Å². The molecule has 1 aromatic carbocycles. The van der Waals surface area contributed by atoms with Gasteiger partial charge in [0.15, 0.2) is 0 Å². The van der Waals surface area contributed by atoms with Crippen molar-refractivity contribution in [3.8, 4) is 5.75 Å². The van der Waals surface area contributed by atoms with E-state index in [-0.39, 0.29) is 0 Å². The fourth-order valence-electron chi connectivity index (χ4n) is 2.45. The Labute approximate surface area is 124 Å². The van der Waals surface area contributed by atoms with Crippen molar-refractivity contribution >= 4 is 10.9 Å². The zero-order valence-electron chi connectivity index (χ0n) is 12.3. The smallest absolute Gasteiger partial charge is 0.119 e. The molecule has 0 bridgehead atoms.